The first kappa shape index (κ1) is 50.7. The Hall–Kier alpha value is -1.32. The first-order valence-corrected chi connectivity index (χ1v) is 22.4. The van der Waals surface area contributed by atoms with Gasteiger partial charge in [-0.3, -0.25) is 9.36 Å². The normalized spacial score (nSPS) is 15.5. The highest BCUT2D eigenvalue weighted by atomic mass is 31.2. The summed E-state index contributed by atoms with van der Waals surface area (Å²) < 4.78 is 23.1. The van der Waals surface area contributed by atoms with E-state index in [0.717, 1.165) is 57.8 Å². The zero-order valence-electron chi connectivity index (χ0n) is 34.1. The van der Waals surface area contributed by atoms with Crippen LogP contribution in [0.5, 0.6) is 0 Å². The number of hydrogen-bond donors (Lipinski definition) is 3. The third kappa shape index (κ3) is 34.4. The number of amides is 1. The molecule has 0 aliphatic heterocycles. The summed E-state index contributed by atoms with van der Waals surface area (Å²) in [7, 11) is 1.09. The van der Waals surface area contributed by atoms with Crippen LogP contribution < -0.4 is 10.2 Å². The van der Waals surface area contributed by atoms with Gasteiger partial charge >= 0.3 is 0 Å². The van der Waals surface area contributed by atoms with Crippen LogP contribution in [0.4, 0.5) is 0 Å². The Balaban J connectivity index is 4.62. The van der Waals surface area contributed by atoms with Crippen molar-refractivity contribution in [2.75, 3.05) is 40.9 Å². The number of quaternary nitrogens is 1. The SMILES string of the molecule is CCCCC/C=C/CC/C=C/CCCC(O)C(O)C(COP(=O)([O-])OCC[N+](C)(C)C)NC(=O)CCCCCCC/C=C\CCCCCCCCC. The fraction of sp³-hybridized carbons (Fsp3) is 0.833. The summed E-state index contributed by atoms with van der Waals surface area (Å²) in [5.41, 5.74) is 0. The molecule has 10 heteroatoms. The second-order valence-corrected chi connectivity index (χ2v) is 16.9. The van der Waals surface area contributed by atoms with Gasteiger partial charge in [0.1, 0.15) is 19.3 Å². The molecule has 0 spiro atoms. The lowest BCUT2D eigenvalue weighted by molar-refractivity contribution is -0.870. The molecule has 3 N–H and O–H groups in total. The maximum Gasteiger partial charge on any atom is 0.268 e. The number of allylic oxidation sites excluding steroid dienone is 6. The van der Waals surface area contributed by atoms with Crippen LogP contribution >= 0.6 is 7.82 Å². The van der Waals surface area contributed by atoms with Crippen LogP contribution in [0.1, 0.15) is 168 Å². The third-order valence-electron chi connectivity index (χ3n) is 9.17. The number of likely N-dealkylation sites (N-methyl/N-ethyl adjacent to an activating group) is 1. The van der Waals surface area contributed by atoms with Crippen molar-refractivity contribution in [1.29, 1.82) is 0 Å². The fourth-order valence-electron chi connectivity index (χ4n) is 5.73. The molecule has 9 nitrogen and oxygen atoms in total. The summed E-state index contributed by atoms with van der Waals surface area (Å²) in [6.07, 6.45) is 36.1. The summed E-state index contributed by atoms with van der Waals surface area (Å²) >= 11 is 0. The molecule has 0 aliphatic carbocycles. The predicted molar refractivity (Wildman–Crippen MR) is 216 cm³/mol. The number of carbonyl (C=O) groups excluding carboxylic acids is 1. The van der Waals surface area contributed by atoms with E-state index < -0.39 is 32.7 Å². The lowest BCUT2D eigenvalue weighted by Crippen LogP contribution is -2.51. The highest BCUT2D eigenvalue weighted by molar-refractivity contribution is 7.45. The van der Waals surface area contributed by atoms with Gasteiger partial charge in [-0.1, -0.05) is 121 Å². The molecular weight excluding hydrogens is 675 g/mol. The second-order valence-electron chi connectivity index (χ2n) is 15.5. The highest BCUT2D eigenvalue weighted by Gasteiger charge is 2.29. The first-order chi connectivity index (χ1) is 24.9. The predicted octanol–water partition coefficient (Wildman–Crippen LogP) is 9.47. The van der Waals surface area contributed by atoms with E-state index in [-0.39, 0.29) is 18.9 Å². The van der Waals surface area contributed by atoms with Crippen LogP contribution in [0.2, 0.25) is 0 Å². The number of aliphatic hydroxyl groups excluding tert-OH is 2. The fourth-order valence-corrected chi connectivity index (χ4v) is 6.46. The maximum atomic E-state index is 12.8. The van der Waals surface area contributed by atoms with E-state index in [0.29, 0.717) is 30.3 Å². The number of unbranched alkanes of at least 4 members (excludes halogenated alkanes) is 17. The number of aliphatic hydroxyl groups is 2. The van der Waals surface area contributed by atoms with Crippen molar-refractivity contribution in [3.05, 3.63) is 36.5 Å². The number of nitrogens with zero attached hydrogens (tertiary/aromatic N) is 1. The topological polar surface area (TPSA) is 128 Å². The van der Waals surface area contributed by atoms with E-state index >= 15 is 0 Å². The Labute approximate surface area is 319 Å². The second kappa shape index (κ2) is 34.2. The molecule has 52 heavy (non-hydrogen) atoms. The molecule has 0 aromatic heterocycles. The number of hydrogen-bond acceptors (Lipinski definition) is 7. The van der Waals surface area contributed by atoms with Gasteiger partial charge in [0, 0.05) is 6.42 Å². The molecule has 0 heterocycles. The highest BCUT2D eigenvalue weighted by Crippen LogP contribution is 2.38. The van der Waals surface area contributed by atoms with Crippen molar-refractivity contribution in [3.63, 3.8) is 0 Å². The van der Waals surface area contributed by atoms with Crippen LogP contribution in [0, 0.1) is 0 Å². The van der Waals surface area contributed by atoms with E-state index in [4.69, 9.17) is 9.05 Å². The molecule has 4 unspecified atom stereocenters. The van der Waals surface area contributed by atoms with Gasteiger partial charge in [-0.25, -0.2) is 0 Å². The van der Waals surface area contributed by atoms with E-state index in [2.05, 4.69) is 55.6 Å². The van der Waals surface area contributed by atoms with Gasteiger partial charge in [-0.15, -0.1) is 0 Å². The minimum atomic E-state index is -4.67. The Kier molecular flexibility index (Phi) is 33.3. The lowest BCUT2D eigenvalue weighted by atomic mass is 10.0. The molecular formula is C42H81N2O7P. The molecule has 1 amide bonds. The number of rotatable bonds is 37. The Morgan fingerprint density at radius 1 is 0.673 bits per heavy atom. The lowest BCUT2D eigenvalue weighted by Gasteiger charge is -2.31. The molecule has 306 valence electrons. The molecule has 0 aromatic carbocycles. The van der Waals surface area contributed by atoms with Gasteiger partial charge in [-0.05, 0) is 77.0 Å². The molecule has 0 rings (SSSR count). The van der Waals surface area contributed by atoms with Crippen LogP contribution in [-0.2, 0) is 18.4 Å². The van der Waals surface area contributed by atoms with E-state index in [1.807, 2.05) is 21.1 Å². The quantitative estimate of drug-likeness (QED) is 0.0249. The number of carbonyl (C=O) groups is 1. The summed E-state index contributed by atoms with van der Waals surface area (Å²) in [5.74, 6) is -0.304. The van der Waals surface area contributed by atoms with Crippen molar-refractivity contribution < 1.29 is 38.0 Å². The Bertz CT molecular complexity index is 966. The average molecular weight is 757 g/mol. The third-order valence-corrected chi connectivity index (χ3v) is 10.1. The van der Waals surface area contributed by atoms with E-state index in [9.17, 15) is 24.5 Å². The molecule has 4 atom stereocenters. The minimum absolute atomic E-state index is 0.0508. The molecule has 0 aliphatic rings. The summed E-state index contributed by atoms with van der Waals surface area (Å²) in [5, 5.41) is 24.5. The Morgan fingerprint density at radius 2 is 1.12 bits per heavy atom. The van der Waals surface area contributed by atoms with Gasteiger partial charge in [0.05, 0.1) is 39.9 Å². The Morgan fingerprint density at radius 3 is 1.65 bits per heavy atom. The van der Waals surface area contributed by atoms with Crippen LogP contribution in [0.25, 0.3) is 0 Å². The van der Waals surface area contributed by atoms with Crippen molar-refractivity contribution >= 4 is 13.7 Å². The molecule has 0 saturated heterocycles. The number of phosphoric ester groups is 1. The van der Waals surface area contributed by atoms with Crippen LogP contribution in [0.15, 0.2) is 36.5 Å². The van der Waals surface area contributed by atoms with Gasteiger partial charge in [0.25, 0.3) is 7.82 Å². The van der Waals surface area contributed by atoms with Crippen molar-refractivity contribution in [2.45, 2.75) is 186 Å². The van der Waals surface area contributed by atoms with Gasteiger partial charge in [-0.2, -0.15) is 0 Å². The molecule has 0 bridgehead atoms. The zero-order chi connectivity index (χ0) is 38.8. The molecule has 0 aromatic rings. The standard InChI is InChI=1S/C42H81N2O7P/c1-6-8-10-12-14-16-18-20-21-22-23-25-27-29-31-33-35-41(46)43-39(38-51-52(48,49)50-37-36-44(3,4)5)42(47)40(45)34-32-30-28-26-24-19-17-15-13-11-9-7-2/h15,17,21-22,26,28,39-40,42,45,47H,6-14,16,18-20,23-25,27,29-38H2,1-5H3,(H-,43,46,48,49)/b17-15+,22-21-,28-26+. The molecule has 0 saturated carbocycles. The van der Waals surface area contributed by atoms with Crippen molar-refractivity contribution in [1.82, 2.24) is 5.32 Å². The van der Waals surface area contributed by atoms with Gasteiger partial charge < -0.3 is 34.0 Å². The van der Waals surface area contributed by atoms with Crippen LogP contribution in [0.3, 0.4) is 0 Å². The molecule has 0 radical (unpaired) electrons. The first-order valence-electron chi connectivity index (χ1n) is 20.9. The van der Waals surface area contributed by atoms with E-state index in [1.165, 1.54) is 70.6 Å². The summed E-state index contributed by atoms with van der Waals surface area (Å²) in [6.45, 7) is 4.34. The summed E-state index contributed by atoms with van der Waals surface area (Å²) in [4.78, 5) is 25.3. The molecule has 0 fully saturated rings. The monoisotopic (exact) mass is 757 g/mol. The van der Waals surface area contributed by atoms with Crippen LogP contribution in [-0.4, -0.2) is 79.8 Å². The minimum Gasteiger partial charge on any atom is -0.756 e. The van der Waals surface area contributed by atoms with E-state index in [1.54, 1.807) is 0 Å². The smallest absolute Gasteiger partial charge is 0.268 e. The number of nitrogens with one attached hydrogen (secondary N) is 1. The average Bonchev–Trinajstić information content (AvgIpc) is 3.09. The largest absolute Gasteiger partial charge is 0.756 e. The van der Waals surface area contributed by atoms with Gasteiger partial charge in [0.2, 0.25) is 5.91 Å². The number of phosphoric acid groups is 1. The maximum absolute atomic E-state index is 12.8. The van der Waals surface area contributed by atoms with Crippen molar-refractivity contribution in [3.8, 4) is 0 Å². The van der Waals surface area contributed by atoms with Gasteiger partial charge in [0.15, 0.2) is 0 Å². The van der Waals surface area contributed by atoms with Crippen molar-refractivity contribution in [2.24, 2.45) is 0 Å². The zero-order valence-corrected chi connectivity index (χ0v) is 35.0. The summed E-state index contributed by atoms with van der Waals surface area (Å²) in [6, 6.07) is -1.10.